The molecule has 1 aromatic heterocycles. The summed E-state index contributed by atoms with van der Waals surface area (Å²) in [5.74, 6) is 0.828. The van der Waals surface area contributed by atoms with Crippen LogP contribution in [0.5, 0.6) is 0 Å². The van der Waals surface area contributed by atoms with E-state index in [9.17, 15) is 4.79 Å². The predicted octanol–water partition coefficient (Wildman–Crippen LogP) is 3.13. The van der Waals surface area contributed by atoms with Gasteiger partial charge in [-0.1, -0.05) is 30.3 Å². The number of benzene rings is 1. The molecule has 3 rings (SSSR count). The number of pyridine rings is 1. The molecule has 6 heteroatoms. The molecule has 1 atom stereocenters. The van der Waals surface area contributed by atoms with Gasteiger partial charge >= 0.3 is 0 Å². The molecule has 0 saturated heterocycles. The number of carbonyl (C=O) groups is 1. The van der Waals surface area contributed by atoms with Crippen LogP contribution in [-0.2, 0) is 17.8 Å². The van der Waals surface area contributed by atoms with Crippen LogP contribution >= 0.6 is 15.9 Å². The lowest BCUT2D eigenvalue weighted by molar-refractivity contribution is -0.121. The summed E-state index contributed by atoms with van der Waals surface area (Å²) >= 11 is 3.61. The molecule has 0 bridgehead atoms. The smallest absolute Gasteiger partial charge is 0.226 e. The summed E-state index contributed by atoms with van der Waals surface area (Å²) in [5, 5.41) is 6.27. The van der Waals surface area contributed by atoms with E-state index < -0.39 is 0 Å². The van der Waals surface area contributed by atoms with Gasteiger partial charge in [0, 0.05) is 28.3 Å². The van der Waals surface area contributed by atoms with Crippen molar-refractivity contribution in [2.24, 2.45) is 4.99 Å². The number of aromatic nitrogens is 1. The predicted molar refractivity (Wildman–Crippen MR) is 103 cm³/mol. The Balaban J connectivity index is 1.69. The fourth-order valence-corrected chi connectivity index (χ4v) is 3.46. The summed E-state index contributed by atoms with van der Waals surface area (Å²) in [7, 11) is 0. The lowest BCUT2D eigenvalue weighted by atomic mass is 10.1. The first-order valence-corrected chi connectivity index (χ1v) is 9.18. The van der Waals surface area contributed by atoms with Crippen molar-refractivity contribution in [1.82, 2.24) is 15.6 Å². The van der Waals surface area contributed by atoms with Gasteiger partial charge in [0.15, 0.2) is 0 Å². The molecule has 1 aliphatic rings. The van der Waals surface area contributed by atoms with Gasteiger partial charge < -0.3 is 10.6 Å². The second-order valence-electron chi connectivity index (χ2n) is 5.98. The molecule has 0 aliphatic carbocycles. The lowest BCUT2D eigenvalue weighted by Gasteiger charge is -2.15. The number of aliphatic imine (C=N–C) groups is 1. The lowest BCUT2D eigenvalue weighted by Crippen LogP contribution is -2.28. The summed E-state index contributed by atoms with van der Waals surface area (Å²) in [5.41, 5.74) is 3.92. The monoisotopic (exact) mass is 400 g/mol. The van der Waals surface area contributed by atoms with E-state index >= 15 is 0 Å². The van der Waals surface area contributed by atoms with E-state index in [1.807, 2.05) is 44.2 Å². The van der Waals surface area contributed by atoms with Crippen LogP contribution in [0.3, 0.4) is 0 Å². The van der Waals surface area contributed by atoms with Gasteiger partial charge in [-0.2, -0.15) is 0 Å². The third kappa shape index (κ3) is 3.90. The molecule has 0 fully saturated rings. The zero-order valence-electron chi connectivity index (χ0n) is 14.3. The Hall–Kier alpha value is -2.21. The number of halogens is 1. The first kappa shape index (κ1) is 17.6. The van der Waals surface area contributed by atoms with Gasteiger partial charge in [0.2, 0.25) is 5.91 Å². The Kier molecular flexibility index (Phi) is 5.48. The highest BCUT2D eigenvalue weighted by Gasteiger charge is 2.22. The van der Waals surface area contributed by atoms with Crippen molar-refractivity contribution >= 4 is 27.7 Å². The maximum absolute atomic E-state index is 12.4. The first-order valence-electron chi connectivity index (χ1n) is 8.39. The molecule has 5 nitrogen and oxygen atoms in total. The fourth-order valence-electron chi connectivity index (χ4n) is 2.88. The number of hydrogen-bond donors (Lipinski definition) is 2. The molecule has 0 spiro atoms. The van der Waals surface area contributed by atoms with E-state index in [-0.39, 0.29) is 18.4 Å². The maximum Gasteiger partial charge on any atom is 0.226 e. The van der Waals surface area contributed by atoms with Gasteiger partial charge in [-0.25, -0.2) is 0 Å². The third-order valence-corrected chi connectivity index (χ3v) is 5.13. The Morgan fingerprint density at radius 3 is 2.80 bits per heavy atom. The van der Waals surface area contributed by atoms with Crippen molar-refractivity contribution < 1.29 is 4.79 Å². The molecular weight excluding hydrogens is 380 g/mol. The Labute approximate surface area is 156 Å². The van der Waals surface area contributed by atoms with E-state index in [1.165, 1.54) is 0 Å². The van der Waals surface area contributed by atoms with Crippen LogP contribution in [-0.4, -0.2) is 23.3 Å². The summed E-state index contributed by atoms with van der Waals surface area (Å²) < 4.78 is 0.879. The minimum absolute atomic E-state index is 0.0365. The number of hydrogen-bond acceptors (Lipinski definition) is 4. The normalized spacial score (nSPS) is 13.8. The van der Waals surface area contributed by atoms with Crippen molar-refractivity contribution in [3.63, 3.8) is 0 Å². The van der Waals surface area contributed by atoms with Crippen molar-refractivity contribution in [2.75, 3.05) is 6.54 Å². The summed E-state index contributed by atoms with van der Waals surface area (Å²) in [6, 6.07) is 9.89. The largest absolute Gasteiger partial charge is 0.370 e. The fraction of sp³-hybridized carbons (Fsp3) is 0.316. The molecule has 2 N–H and O–H groups in total. The molecule has 0 saturated carbocycles. The van der Waals surface area contributed by atoms with E-state index in [4.69, 9.17) is 0 Å². The Bertz CT molecular complexity index is 805. The van der Waals surface area contributed by atoms with Gasteiger partial charge in [0.25, 0.3) is 0 Å². The second kappa shape index (κ2) is 7.78. The molecule has 1 aliphatic heterocycles. The van der Waals surface area contributed by atoms with Gasteiger partial charge in [-0.05, 0) is 35.3 Å². The first-order chi connectivity index (χ1) is 12.1. The van der Waals surface area contributed by atoms with Crippen molar-refractivity contribution in [3.05, 3.63) is 63.4 Å². The van der Waals surface area contributed by atoms with E-state index in [1.54, 1.807) is 6.20 Å². The number of amidine groups is 1. The molecule has 1 aromatic carbocycles. The highest BCUT2D eigenvalue weighted by atomic mass is 79.9. The molecule has 0 unspecified atom stereocenters. The standard InChI is InChI=1S/C19H21BrN4O/c1-3-21-19-15-11-22-16(18(20)14(15)10-23-19)9-17(25)24-12(2)13-7-5-4-6-8-13/h4-8,11-12H,3,9-10H2,1-2H3,(H,21,23)(H,24,25)/t12-/m1/s1. The highest BCUT2D eigenvalue weighted by molar-refractivity contribution is 9.10. The average Bonchev–Trinajstić information content (AvgIpc) is 3.02. The molecule has 2 aromatic rings. The topological polar surface area (TPSA) is 66.4 Å². The van der Waals surface area contributed by atoms with Crippen LogP contribution in [0.2, 0.25) is 0 Å². The minimum Gasteiger partial charge on any atom is -0.370 e. The zero-order chi connectivity index (χ0) is 17.8. The quantitative estimate of drug-likeness (QED) is 0.809. The van der Waals surface area contributed by atoms with Crippen LogP contribution in [0.4, 0.5) is 0 Å². The van der Waals surface area contributed by atoms with Crippen molar-refractivity contribution in [1.29, 1.82) is 0 Å². The number of rotatable bonds is 5. The van der Waals surface area contributed by atoms with E-state index in [0.29, 0.717) is 6.54 Å². The Morgan fingerprint density at radius 1 is 1.32 bits per heavy atom. The van der Waals surface area contributed by atoms with E-state index in [0.717, 1.165) is 39.2 Å². The zero-order valence-corrected chi connectivity index (χ0v) is 15.9. The van der Waals surface area contributed by atoms with Crippen LogP contribution in [0.25, 0.3) is 0 Å². The Morgan fingerprint density at radius 2 is 2.08 bits per heavy atom. The molecule has 130 valence electrons. The van der Waals surface area contributed by atoms with Gasteiger partial charge in [-0.3, -0.25) is 14.8 Å². The van der Waals surface area contributed by atoms with Crippen molar-refractivity contribution in [3.8, 4) is 0 Å². The molecule has 25 heavy (non-hydrogen) atoms. The molecule has 1 amide bonds. The number of carbonyl (C=O) groups excluding carboxylic acids is 1. The molecule has 0 radical (unpaired) electrons. The number of amides is 1. The number of nitrogens with zero attached hydrogens (tertiary/aromatic N) is 2. The van der Waals surface area contributed by atoms with Gasteiger partial charge in [-0.15, -0.1) is 0 Å². The van der Waals surface area contributed by atoms with Crippen LogP contribution in [0.1, 0.15) is 42.3 Å². The minimum atomic E-state index is -0.0460. The van der Waals surface area contributed by atoms with Crippen LogP contribution < -0.4 is 10.6 Å². The molecule has 2 heterocycles. The summed E-state index contributed by atoms with van der Waals surface area (Å²) in [4.78, 5) is 21.4. The van der Waals surface area contributed by atoms with Crippen molar-refractivity contribution in [2.45, 2.75) is 32.9 Å². The summed E-state index contributed by atoms with van der Waals surface area (Å²) in [6.45, 7) is 5.44. The second-order valence-corrected chi connectivity index (χ2v) is 6.78. The molecular formula is C19H21BrN4O. The van der Waals surface area contributed by atoms with E-state index in [2.05, 4.69) is 36.5 Å². The van der Waals surface area contributed by atoms with Crippen LogP contribution in [0.15, 0.2) is 46.0 Å². The van der Waals surface area contributed by atoms with Gasteiger partial charge in [0.05, 0.1) is 24.7 Å². The average molecular weight is 401 g/mol. The number of nitrogens with one attached hydrogen (secondary N) is 2. The maximum atomic E-state index is 12.4. The highest BCUT2D eigenvalue weighted by Crippen LogP contribution is 2.28. The van der Waals surface area contributed by atoms with Gasteiger partial charge in [0.1, 0.15) is 5.84 Å². The van der Waals surface area contributed by atoms with Crippen LogP contribution in [0, 0.1) is 0 Å². The third-order valence-electron chi connectivity index (χ3n) is 4.19. The number of fused-ring (bicyclic) bond motifs is 1. The SMILES string of the molecule is CCNC1=NCc2c1cnc(CC(=O)N[C@H](C)c1ccccc1)c2Br. The summed E-state index contributed by atoms with van der Waals surface area (Å²) in [6.07, 6.45) is 2.04.